The molecule has 0 saturated carbocycles. The number of carbonyl (C=O) groups excluding carboxylic acids is 1. The van der Waals surface area contributed by atoms with Gasteiger partial charge in [0.1, 0.15) is 6.33 Å². The van der Waals surface area contributed by atoms with Crippen molar-refractivity contribution in [3.05, 3.63) is 6.33 Å². The van der Waals surface area contributed by atoms with E-state index in [0.717, 1.165) is 6.54 Å². The number of thioether (sulfide) groups is 1. The molecule has 2 heterocycles. The molecule has 112 valence electrons. The lowest BCUT2D eigenvalue weighted by Crippen LogP contribution is -2.38. The molecule has 0 N–H and O–H groups in total. The third-order valence-electron chi connectivity index (χ3n) is 3.39. The molecule has 1 amide bonds. The Morgan fingerprint density at radius 3 is 2.95 bits per heavy atom. The van der Waals surface area contributed by atoms with Crippen molar-refractivity contribution >= 4 is 27.5 Å². The van der Waals surface area contributed by atoms with Crippen molar-refractivity contribution in [3.63, 3.8) is 0 Å². The Labute approximate surface area is 122 Å². The molecule has 2 rings (SSSR count). The molecule has 1 aromatic heterocycles. The average Bonchev–Trinajstić information content (AvgIpc) is 3.00. The summed E-state index contributed by atoms with van der Waals surface area (Å²) in [5, 5.41) is 8.45. The molecule has 20 heavy (non-hydrogen) atoms. The Hall–Kier alpha value is -1.09. The summed E-state index contributed by atoms with van der Waals surface area (Å²) >= 11 is 1.32. The van der Waals surface area contributed by atoms with Gasteiger partial charge in [0.15, 0.2) is 15.0 Å². The van der Waals surface area contributed by atoms with Gasteiger partial charge in [-0.2, -0.15) is 0 Å². The maximum absolute atomic E-state index is 12.1. The van der Waals surface area contributed by atoms with Crippen LogP contribution in [-0.4, -0.2) is 64.3 Å². The number of carbonyl (C=O) groups is 1. The van der Waals surface area contributed by atoms with Crippen molar-refractivity contribution in [3.8, 4) is 0 Å². The Bertz CT molecular complexity index is 584. The van der Waals surface area contributed by atoms with Crippen molar-refractivity contribution in [1.82, 2.24) is 19.7 Å². The Morgan fingerprint density at radius 2 is 2.35 bits per heavy atom. The van der Waals surface area contributed by atoms with E-state index < -0.39 is 9.84 Å². The summed E-state index contributed by atoms with van der Waals surface area (Å²) in [5.74, 6) is 0.409. The van der Waals surface area contributed by atoms with E-state index in [1.54, 1.807) is 18.3 Å². The van der Waals surface area contributed by atoms with E-state index in [2.05, 4.69) is 10.2 Å². The van der Waals surface area contributed by atoms with Crippen LogP contribution in [0.5, 0.6) is 0 Å². The fraction of sp³-hybridized carbons (Fsp3) is 0.727. The highest BCUT2D eigenvalue weighted by molar-refractivity contribution is 7.99. The molecule has 1 aromatic rings. The minimum absolute atomic E-state index is 0.0745. The van der Waals surface area contributed by atoms with Gasteiger partial charge < -0.3 is 9.47 Å². The predicted molar refractivity (Wildman–Crippen MR) is 76.2 cm³/mol. The van der Waals surface area contributed by atoms with Crippen molar-refractivity contribution in [2.24, 2.45) is 0 Å². The molecule has 0 unspecified atom stereocenters. The summed E-state index contributed by atoms with van der Waals surface area (Å²) in [6.07, 6.45) is 2.15. The second-order valence-electron chi connectivity index (χ2n) is 4.75. The van der Waals surface area contributed by atoms with E-state index in [1.165, 1.54) is 11.8 Å². The number of sulfone groups is 1. The molecule has 0 bridgehead atoms. The first-order valence-electron chi connectivity index (χ1n) is 6.39. The molecule has 0 radical (unpaired) electrons. The van der Waals surface area contributed by atoms with Crippen molar-refractivity contribution in [1.29, 1.82) is 0 Å². The lowest BCUT2D eigenvalue weighted by molar-refractivity contribution is -0.128. The van der Waals surface area contributed by atoms with Gasteiger partial charge in [0.25, 0.3) is 0 Å². The van der Waals surface area contributed by atoms with Gasteiger partial charge in [-0.05, 0) is 13.3 Å². The van der Waals surface area contributed by atoms with Gasteiger partial charge >= 0.3 is 0 Å². The zero-order valence-electron chi connectivity index (χ0n) is 11.5. The third-order valence-corrected chi connectivity index (χ3v) is 6.11. The standard InChI is InChI=1S/C11H18N4O3S2/c1-3-15-8-12-13-11(15)19-6-10(16)14(2)9-4-5-20(17,18)7-9/h8-9H,3-7H2,1-2H3/t9-/m1/s1. The molecule has 1 fully saturated rings. The van der Waals surface area contributed by atoms with E-state index in [0.29, 0.717) is 11.6 Å². The Kier molecular flexibility index (Phi) is 4.69. The topological polar surface area (TPSA) is 85.2 Å². The van der Waals surface area contributed by atoms with Gasteiger partial charge in [0, 0.05) is 19.6 Å². The van der Waals surface area contributed by atoms with Gasteiger partial charge in [-0.3, -0.25) is 4.79 Å². The smallest absolute Gasteiger partial charge is 0.233 e. The lowest BCUT2D eigenvalue weighted by atomic mass is 10.2. The van der Waals surface area contributed by atoms with Crippen LogP contribution < -0.4 is 0 Å². The number of amides is 1. The van der Waals surface area contributed by atoms with Crippen molar-refractivity contribution in [2.45, 2.75) is 31.1 Å². The van der Waals surface area contributed by atoms with Gasteiger partial charge in [0.05, 0.1) is 17.3 Å². The maximum Gasteiger partial charge on any atom is 0.233 e. The largest absolute Gasteiger partial charge is 0.341 e. The molecular formula is C11H18N4O3S2. The SMILES string of the molecule is CCn1cnnc1SCC(=O)N(C)[C@@H]1CCS(=O)(=O)C1. The fourth-order valence-corrected chi connectivity index (χ4v) is 4.76. The van der Waals surface area contributed by atoms with Crippen LogP contribution in [-0.2, 0) is 21.2 Å². The van der Waals surface area contributed by atoms with Crippen LogP contribution in [0.2, 0.25) is 0 Å². The molecule has 9 heteroatoms. The number of hydrogen-bond donors (Lipinski definition) is 0. The number of rotatable bonds is 5. The molecule has 1 saturated heterocycles. The van der Waals surface area contributed by atoms with Gasteiger partial charge in [-0.15, -0.1) is 10.2 Å². The number of nitrogens with zero attached hydrogens (tertiary/aromatic N) is 4. The molecule has 1 aliphatic rings. The molecule has 1 atom stereocenters. The normalized spacial score (nSPS) is 21.0. The zero-order chi connectivity index (χ0) is 14.8. The van der Waals surface area contributed by atoms with Crippen LogP contribution in [0.25, 0.3) is 0 Å². The summed E-state index contributed by atoms with van der Waals surface area (Å²) < 4.78 is 24.7. The highest BCUT2D eigenvalue weighted by Crippen LogP contribution is 2.19. The molecule has 0 aliphatic carbocycles. The molecule has 0 aromatic carbocycles. The van der Waals surface area contributed by atoms with E-state index >= 15 is 0 Å². The van der Waals surface area contributed by atoms with Crippen LogP contribution >= 0.6 is 11.8 Å². The highest BCUT2D eigenvalue weighted by atomic mass is 32.2. The second kappa shape index (κ2) is 6.13. The summed E-state index contributed by atoms with van der Waals surface area (Å²) in [6, 6.07) is -0.197. The number of aromatic nitrogens is 3. The first kappa shape index (κ1) is 15.3. The molecule has 0 spiro atoms. The quantitative estimate of drug-likeness (QED) is 0.712. The van der Waals surface area contributed by atoms with Gasteiger partial charge in [-0.25, -0.2) is 8.42 Å². The molecular weight excluding hydrogens is 300 g/mol. The molecule has 7 nitrogen and oxygen atoms in total. The maximum atomic E-state index is 12.1. The third kappa shape index (κ3) is 3.51. The minimum atomic E-state index is -2.97. The van der Waals surface area contributed by atoms with E-state index in [4.69, 9.17) is 0 Å². The summed E-state index contributed by atoms with van der Waals surface area (Å²) in [4.78, 5) is 13.6. The number of hydrogen-bond acceptors (Lipinski definition) is 6. The number of aryl methyl sites for hydroxylation is 1. The fourth-order valence-electron chi connectivity index (χ4n) is 2.09. The van der Waals surface area contributed by atoms with Crippen LogP contribution in [0.4, 0.5) is 0 Å². The first-order chi connectivity index (χ1) is 9.43. The van der Waals surface area contributed by atoms with E-state index in [1.807, 2.05) is 11.5 Å². The summed E-state index contributed by atoms with van der Waals surface area (Å²) in [7, 11) is -1.30. The second-order valence-corrected chi connectivity index (χ2v) is 7.92. The van der Waals surface area contributed by atoms with Crippen LogP contribution in [0.3, 0.4) is 0 Å². The lowest BCUT2D eigenvalue weighted by Gasteiger charge is -2.23. The molecule has 1 aliphatic heterocycles. The minimum Gasteiger partial charge on any atom is -0.341 e. The van der Waals surface area contributed by atoms with Crippen molar-refractivity contribution < 1.29 is 13.2 Å². The van der Waals surface area contributed by atoms with Crippen LogP contribution in [0.1, 0.15) is 13.3 Å². The monoisotopic (exact) mass is 318 g/mol. The van der Waals surface area contributed by atoms with E-state index in [9.17, 15) is 13.2 Å². The van der Waals surface area contributed by atoms with E-state index in [-0.39, 0.29) is 29.2 Å². The van der Waals surface area contributed by atoms with Crippen LogP contribution in [0.15, 0.2) is 11.5 Å². The summed E-state index contributed by atoms with van der Waals surface area (Å²) in [5.41, 5.74) is 0. The van der Waals surface area contributed by atoms with Gasteiger partial charge in [-0.1, -0.05) is 11.8 Å². The Balaban J connectivity index is 1.89. The highest BCUT2D eigenvalue weighted by Gasteiger charge is 2.32. The predicted octanol–water partition coefficient (Wildman–Crippen LogP) is 0.0356. The van der Waals surface area contributed by atoms with Crippen LogP contribution in [0, 0.1) is 0 Å². The Morgan fingerprint density at radius 1 is 1.60 bits per heavy atom. The van der Waals surface area contributed by atoms with Gasteiger partial charge in [0.2, 0.25) is 5.91 Å². The average molecular weight is 318 g/mol. The first-order valence-corrected chi connectivity index (χ1v) is 9.20. The van der Waals surface area contributed by atoms with Crippen molar-refractivity contribution in [2.75, 3.05) is 24.3 Å². The zero-order valence-corrected chi connectivity index (χ0v) is 13.2. The summed E-state index contributed by atoms with van der Waals surface area (Å²) in [6.45, 7) is 2.73.